The number of para-hydroxylation sites is 2. The highest BCUT2D eigenvalue weighted by Crippen LogP contribution is 2.37. The first-order valence-corrected chi connectivity index (χ1v) is 14.0. The van der Waals surface area contributed by atoms with E-state index in [0.29, 0.717) is 0 Å². The van der Waals surface area contributed by atoms with E-state index < -0.39 is 0 Å². The monoisotopic (exact) mass is 530 g/mol. The van der Waals surface area contributed by atoms with E-state index in [1.165, 1.54) is 21.0 Å². The van der Waals surface area contributed by atoms with Crippen LogP contribution in [-0.2, 0) is 0 Å². The normalized spacial score (nSPS) is 11.5. The third kappa shape index (κ3) is 3.79. The van der Waals surface area contributed by atoms with Crippen molar-refractivity contribution < 1.29 is 0 Å². The van der Waals surface area contributed by atoms with Gasteiger partial charge in [0.2, 0.25) is 0 Å². The second kappa shape index (κ2) is 9.26. The maximum absolute atomic E-state index is 4.93. The van der Waals surface area contributed by atoms with E-state index in [2.05, 4.69) is 107 Å². The summed E-state index contributed by atoms with van der Waals surface area (Å²) in [6.07, 6.45) is 5.55. The van der Waals surface area contributed by atoms with E-state index in [9.17, 15) is 0 Å². The van der Waals surface area contributed by atoms with Gasteiger partial charge >= 0.3 is 0 Å². The van der Waals surface area contributed by atoms with Crippen LogP contribution in [0.25, 0.3) is 70.7 Å². The van der Waals surface area contributed by atoms with Gasteiger partial charge in [-0.25, -0.2) is 4.98 Å². The van der Waals surface area contributed by atoms with Crippen LogP contribution in [0.5, 0.6) is 0 Å². The molecule has 40 heavy (non-hydrogen) atoms. The van der Waals surface area contributed by atoms with Crippen LogP contribution in [0.1, 0.15) is 0 Å². The average molecular weight is 531 g/mol. The SMILES string of the molecule is c1cc(-c2ccc(-c3ccncc3)cn2)cc(-n2c3ccccc3c3ccc(-c4nc5ccccc5s4)cc32)c1. The van der Waals surface area contributed by atoms with Crippen molar-refractivity contribution in [3.05, 3.63) is 134 Å². The molecule has 4 aromatic carbocycles. The van der Waals surface area contributed by atoms with Crippen LogP contribution < -0.4 is 0 Å². The maximum Gasteiger partial charge on any atom is 0.124 e. The van der Waals surface area contributed by atoms with E-state index in [0.717, 1.165) is 49.7 Å². The van der Waals surface area contributed by atoms with Gasteiger partial charge in [0.25, 0.3) is 0 Å². The summed E-state index contributed by atoms with van der Waals surface area (Å²) in [7, 11) is 0. The standard InChI is InChI=1S/C35H22N4S/c1-3-10-32-28(8-1)29-14-12-25(35-38-31-9-2-4-11-34(31)40-35)21-33(29)39(32)27-7-5-6-24(20-27)30-15-13-26(22-37-30)23-16-18-36-19-17-23/h1-22H. The van der Waals surface area contributed by atoms with Gasteiger partial charge in [-0.2, -0.15) is 0 Å². The zero-order valence-electron chi connectivity index (χ0n) is 21.4. The van der Waals surface area contributed by atoms with Gasteiger partial charge in [-0.1, -0.05) is 60.7 Å². The Labute approximate surface area is 234 Å². The Morgan fingerprint density at radius 1 is 0.575 bits per heavy atom. The molecule has 0 amide bonds. The van der Waals surface area contributed by atoms with Crippen LogP contribution in [0.15, 0.2) is 134 Å². The van der Waals surface area contributed by atoms with E-state index >= 15 is 0 Å². The summed E-state index contributed by atoms with van der Waals surface area (Å²) in [6.45, 7) is 0. The highest BCUT2D eigenvalue weighted by Gasteiger charge is 2.15. The van der Waals surface area contributed by atoms with Crippen LogP contribution in [0.4, 0.5) is 0 Å². The van der Waals surface area contributed by atoms with Crippen molar-refractivity contribution in [2.45, 2.75) is 0 Å². The molecule has 8 aromatic rings. The van der Waals surface area contributed by atoms with Crippen molar-refractivity contribution in [1.82, 2.24) is 19.5 Å². The van der Waals surface area contributed by atoms with Gasteiger partial charge in [-0.15, -0.1) is 11.3 Å². The molecule has 4 heterocycles. The Bertz CT molecular complexity index is 2130. The molecule has 0 atom stereocenters. The Kier molecular flexibility index (Phi) is 5.28. The quantitative estimate of drug-likeness (QED) is 0.228. The maximum atomic E-state index is 4.93. The van der Waals surface area contributed by atoms with Crippen LogP contribution in [0.3, 0.4) is 0 Å². The molecule has 4 aromatic heterocycles. The molecule has 0 aliphatic rings. The molecule has 0 unspecified atom stereocenters. The number of thiazole rings is 1. The highest BCUT2D eigenvalue weighted by atomic mass is 32.1. The first kappa shape index (κ1) is 22.8. The summed E-state index contributed by atoms with van der Waals surface area (Å²) in [4.78, 5) is 13.9. The average Bonchev–Trinajstić information content (AvgIpc) is 3.61. The van der Waals surface area contributed by atoms with E-state index in [1.807, 2.05) is 24.4 Å². The highest BCUT2D eigenvalue weighted by molar-refractivity contribution is 7.21. The lowest BCUT2D eigenvalue weighted by Gasteiger charge is -2.11. The van der Waals surface area contributed by atoms with Gasteiger partial charge in [0.05, 0.1) is 26.9 Å². The second-order valence-corrected chi connectivity index (χ2v) is 10.8. The summed E-state index contributed by atoms with van der Waals surface area (Å²) in [5.41, 5.74) is 9.81. The molecule has 0 aliphatic heterocycles. The van der Waals surface area contributed by atoms with E-state index in [-0.39, 0.29) is 0 Å². The molecule has 0 saturated carbocycles. The van der Waals surface area contributed by atoms with Gasteiger partial charge in [0.15, 0.2) is 0 Å². The molecule has 0 aliphatic carbocycles. The number of rotatable bonds is 4. The molecule has 0 bridgehead atoms. The Hall–Kier alpha value is -5.13. The second-order valence-electron chi connectivity index (χ2n) is 9.79. The first-order valence-electron chi connectivity index (χ1n) is 13.2. The van der Waals surface area contributed by atoms with Gasteiger partial charge in [0.1, 0.15) is 5.01 Å². The van der Waals surface area contributed by atoms with Crippen molar-refractivity contribution in [3.63, 3.8) is 0 Å². The Balaban J connectivity index is 1.27. The molecule has 4 nitrogen and oxygen atoms in total. The van der Waals surface area contributed by atoms with Crippen LogP contribution in [0, 0.1) is 0 Å². The van der Waals surface area contributed by atoms with Gasteiger partial charge in [-0.05, 0) is 60.2 Å². The van der Waals surface area contributed by atoms with E-state index in [1.54, 1.807) is 23.7 Å². The number of hydrogen-bond acceptors (Lipinski definition) is 4. The molecule has 0 spiro atoms. The lowest BCUT2D eigenvalue weighted by molar-refractivity contribution is 1.18. The van der Waals surface area contributed by atoms with Crippen LogP contribution >= 0.6 is 11.3 Å². The molecule has 0 N–H and O–H groups in total. The fourth-order valence-electron chi connectivity index (χ4n) is 5.46. The molecule has 8 rings (SSSR count). The topological polar surface area (TPSA) is 43.6 Å². The van der Waals surface area contributed by atoms with Crippen molar-refractivity contribution in [2.24, 2.45) is 0 Å². The third-order valence-electron chi connectivity index (χ3n) is 7.39. The number of nitrogens with zero attached hydrogens (tertiary/aromatic N) is 4. The van der Waals surface area contributed by atoms with Crippen molar-refractivity contribution in [2.75, 3.05) is 0 Å². The molecule has 0 saturated heterocycles. The van der Waals surface area contributed by atoms with Gasteiger partial charge in [-0.3, -0.25) is 9.97 Å². The van der Waals surface area contributed by atoms with Crippen LogP contribution in [-0.4, -0.2) is 19.5 Å². The van der Waals surface area contributed by atoms with Crippen LogP contribution in [0.2, 0.25) is 0 Å². The molecule has 5 heteroatoms. The summed E-state index contributed by atoms with van der Waals surface area (Å²) in [6, 6.07) is 40.5. The number of benzene rings is 4. The number of aromatic nitrogens is 4. The van der Waals surface area contributed by atoms with Gasteiger partial charge < -0.3 is 4.57 Å². The predicted molar refractivity (Wildman–Crippen MR) is 166 cm³/mol. The number of fused-ring (bicyclic) bond motifs is 4. The minimum Gasteiger partial charge on any atom is -0.309 e. The molecular formula is C35H22N4S. The minimum absolute atomic E-state index is 0.940. The summed E-state index contributed by atoms with van der Waals surface area (Å²) in [5, 5.41) is 3.50. The predicted octanol–water partition coefficient (Wildman–Crippen LogP) is 9.18. The zero-order chi connectivity index (χ0) is 26.5. The lowest BCUT2D eigenvalue weighted by Crippen LogP contribution is -1.95. The molecular weight excluding hydrogens is 508 g/mol. The molecule has 0 fully saturated rings. The summed E-state index contributed by atoms with van der Waals surface area (Å²) >= 11 is 1.73. The first-order chi connectivity index (χ1) is 19.8. The Morgan fingerprint density at radius 2 is 1.40 bits per heavy atom. The molecule has 188 valence electrons. The third-order valence-corrected chi connectivity index (χ3v) is 8.48. The number of hydrogen-bond donors (Lipinski definition) is 0. The minimum atomic E-state index is 0.940. The number of pyridine rings is 2. The smallest absolute Gasteiger partial charge is 0.124 e. The molecule has 0 radical (unpaired) electrons. The lowest BCUT2D eigenvalue weighted by atomic mass is 10.1. The fourth-order valence-corrected chi connectivity index (χ4v) is 6.42. The van der Waals surface area contributed by atoms with E-state index in [4.69, 9.17) is 9.97 Å². The van der Waals surface area contributed by atoms with Crippen molar-refractivity contribution in [1.29, 1.82) is 0 Å². The van der Waals surface area contributed by atoms with Gasteiger partial charge in [0, 0.05) is 51.7 Å². The fraction of sp³-hybridized carbons (Fsp3) is 0. The Morgan fingerprint density at radius 3 is 2.27 bits per heavy atom. The van der Waals surface area contributed by atoms with Crippen molar-refractivity contribution in [3.8, 4) is 38.6 Å². The summed E-state index contributed by atoms with van der Waals surface area (Å²) in [5.74, 6) is 0. The summed E-state index contributed by atoms with van der Waals surface area (Å²) < 4.78 is 3.56. The zero-order valence-corrected chi connectivity index (χ0v) is 22.2. The largest absolute Gasteiger partial charge is 0.309 e. The van der Waals surface area contributed by atoms with Crippen molar-refractivity contribution >= 4 is 43.4 Å².